The number of anilines is 2. The molecule has 0 radical (unpaired) electrons. The third kappa shape index (κ3) is 3.05. The molecule has 1 aromatic carbocycles. The van der Waals surface area contributed by atoms with Crippen LogP contribution < -0.4 is 10.2 Å². The molecule has 0 atom stereocenters. The molecule has 2 heterocycles. The fourth-order valence-corrected chi connectivity index (χ4v) is 2.48. The standard InChI is InChI=1S/C16H17FN4O/c1-11-10-14(20-16(18-11)21-8-4-5-9-21)15(22)19-13-7-3-2-6-12(13)17/h2-3,6-7,10H,4-5,8-9H2,1H3,(H,19,22). The first-order valence-corrected chi connectivity index (χ1v) is 7.30. The monoisotopic (exact) mass is 300 g/mol. The summed E-state index contributed by atoms with van der Waals surface area (Å²) in [7, 11) is 0. The lowest BCUT2D eigenvalue weighted by molar-refractivity contribution is 0.102. The number of amides is 1. The molecule has 0 aliphatic carbocycles. The van der Waals surface area contributed by atoms with E-state index in [0.29, 0.717) is 5.95 Å². The third-order valence-electron chi connectivity index (χ3n) is 3.59. The van der Waals surface area contributed by atoms with Crippen molar-refractivity contribution in [3.05, 3.63) is 47.5 Å². The Morgan fingerprint density at radius 3 is 2.68 bits per heavy atom. The summed E-state index contributed by atoms with van der Waals surface area (Å²) in [6.07, 6.45) is 2.21. The van der Waals surface area contributed by atoms with E-state index in [1.165, 1.54) is 12.1 Å². The van der Waals surface area contributed by atoms with Crippen LogP contribution in [0.15, 0.2) is 30.3 Å². The first-order chi connectivity index (χ1) is 10.6. The van der Waals surface area contributed by atoms with Gasteiger partial charge in [-0.15, -0.1) is 0 Å². The summed E-state index contributed by atoms with van der Waals surface area (Å²) in [5, 5.41) is 2.55. The van der Waals surface area contributed by atoms with Crippen molar-refractivity contribution in [3.63, 3.8) is 0 Å². The molecule has 1 aliphatic rings. The van der Waals surface area contributed by atoms with Crippen LogP contribution in [-0.2, 0) is 0 Å². The lowest BCUT2D eigenvalue weighted by atomic mass is 10.2. The fourth-order valence-electron chi connectivity index (χ4n) is 2.48. The second-order valence-corrected chi connectivity index (χ2v) is 5.32. The van der Waals surface area contributed by atoms with Gasteiger partial charge in [0.1, 0.15) is 11.5 Å². The van der Waals surface area contributed by atoms with E-state index >= 15 is 0 Å². The van der Waals surface area contributed by atoms with Gasteiger partial charge in [-0.1, -0.05) is 12.1 Å². The van der Waals surface area contributed by atoms with E-state index in [1.807, 2.05) is 6.92 Å². The number of hydrogen-bond acceptors (Lipinski definition) is 4. The van der Waals surface area contributed by atoms with Gasteiger partial charge in [-0.3, -0.25) is 4.79 Å². The first kappa shape index (κ1) is 14.4. The van der Waals surface area contributed by atoms with Crippen LogP contribution in [0.4, 0.5) is 16.0 Å². The second-order valence-electron chi connectivity index (χ2n) is 5.32. The SMILES string of the molecule is Cc1cc(C(=O)Nc2ccccc2F)nc(N2CCCC2)n1. The van der Waals surface area contributed by atoms with Crippen molar-refractivity contribution in [3.8, 4) is 0 Å². The molecular formula is C16H17FN4O. The summed E-state index contributed by atoms with van der Waals surface area (Å²) < 4.78 is 13.6. The number of hydrogen-bond donors (Lipinski definition) is 1. The molecule has 0 spiro atoms. The van der Waals surface area contributed by atoms with Crippen molar-refractivity contribution in [1.82, 2.24) is 9.97 Å². The maximum Gasteiger partial charge on any atom is 0.274 e. The molecule has 0 unspecified atom stereocenters. The summed E-state index contributed by atoms with van der Waals surface area (Å²) in [4.78, 5) is 23.1. The Morgan fingerprint density at radius 1 is 1.23 bits per heavy atom. The van der Waals surface area contributed by atoms with Gasteiger partial charge < -0.3 is 10.2 Å². The number of aryl methyl sites for hydroxylation is 1. The van der Waals surface area contributed by atoms with Crippen LogP contribution in [0.5, 0.6) is 0 Å². The van der Waals surface area contributed by atoms with Gasteiger partial charge >= 0.3 is 0 Å². The third-order valence-corrected chi connectivity index (χ3v) is 3.59. The highest BCUT2D eigenvalue weighted by Crippen LogP contribution is 2.18. The predicted molar refractivity (Wildman–Crippen MR) is 82.6 cm³/mol. The molecule has 0 saturated carbocycles. The Bertz CT molecular complexity index is 698. The molecule has 114 valence electrons. The lowest BCUT2D eigenvalue weighted by Crippen LogP contribution is -2.23. The van der Waals surface area contributed by atoms with E-state index in [4.69, 9.17) is 0 Å². The number of nitrogens with zero attached hydrogens (tertiary/aromatic N) is 3. The number of benzene rings is 1. The van der Waals surface area contributed by atoms with Gasteiger partial charge in [0, 0.05) is 18.8 Å². The van der Waals surface area contributed by atoms with E-state index in [0.717, 1.165) is 31.6 Å². The first-order valence-electron chi connectivity index (χ1n) is 7.30. The zero-order valence-corrected chi connectivity index (χ0v) is 12.3. The van der Waals surface area contributed by atoms with Crippen molar-refractivity contribution in [1.29, 1.82) is 0 Å². The van der Waals surface area contributed by atoms with Crippen molar-refractivity contribution in [2.45, 2.75) is 19.8 Å². The van der Waals surface area contributed by atoms with Gasteiger partial charge in [0.05, 0.1) is 5.69 Å². The topological polar surface area (TPSA) is 58.1 Å². The number of carbonyl (C=O) groups is 1. The van der Waals surface area contributed by atoms with Gasteiger partial charge in [0.25, 0.3) is 5.91 Å². The molecule has 1 aromatic heterocycles. The van der Waals surface area contributed by atoms with Crippen molar-refractivity contribution in [2.75, 3.05) is 23.3 Å². The zero-order valence-electron chi connectivity index (χ0n) is 12.3. The quantitative estimate of drug-likeness (QED) is 0.947. The van der Waals surface area contributed by atoms with E-state index in [2.05, 4.69) is 20.2 Å². The molecular weight excluding hydrogens is 283 g/mol. The molecule has 6 heteroatoms. The van der Waals surface area contributed by atoms with Crippen LogP contribution >= 0.6 is 0 Å². The molecule has 5 nitrogen and oxygen atoms in total. The van der Waals surface area contributed by atoms with Crippen LogP contribution in [0.2, 0.25) is 0 Å². The smallest absolute Gasteiger partial charge is 0.274 e. The molecule has 0 bridgehead atoms. The predicted octanol–water partition coefficient (Wildman–Crippen LogP) is 2.78. The highest BCUT2D eigenvalue weighted by atomic mass is 19.1. The number of aromatic nitrogens is 2. The summed E-state index contributed by atoms with van der Waals surface area (Å²) in [6, 6.07) is 7.67. The Morgan fingerprint density at radius 2 is 1.95 bits per heavy atom. The molecule has 3 rings (SSSR count). The number of nitrogens with one attached hydrogen (secondary N) is 1. The largest absolute Gasteiger partial charge is 0.341 e. The Kier molecular flexibility index (Phi) is 4.00. The van der Waals surface area contributed by atoms with Crippen molar-refractivity contribution >= 4 is 17.5 Å². The van der Waals surface area contributed by atoms with E-state index in [1.54, 1.807) is 18.2 Å². The van der Waals surface area contributed by atoms with Crippen LogP contribution in [0.3, 0.4) is 0 Å². The minimum atomic E-state index is -0.471. The highest BCUT2D eigenvalue weighted by Gasteiger charge is 2.18. The number of rotatable bonds is 3. The minimum absolute atomic E-state index is 0.145. The molecule has 22 heavy (non-hydrogen) atoms. The molecule has 1 N–H and O–H groups in total. The molecule has 1 fully saturated rings. The van der Waals surface area contributed by atoms with Crippen molar-refractivity contribution < 1.29 is 9.18 Å². The normalized spacial score (nSPS) is 14.2. The van der Waals surface area contributed by atoms with Crippen LogP contribution in [0, 0.1) is 12.7 Å². The van der Waals surface area contributed by atoms with E-state index in [-0.39, 0.29) is 11.4 Å². The van der Waals surface area contributed by atoms with Gasteiger partial charge in [0.15, 0.2) is 0 Å². The zero-order chi connectivity index (χ0) is 15.5. The van der Waals surface area contributed by atoms with Gasteiger partial charge in [-0.25, -0.2) is 14.4 Å². The number of carbonyl (C=O) groups excluding carboxylic acids is 1. The highest BCUT2D eigenvalue weighted by molar-refractivity contribution is 6.03. The van der Waals surface area contributed by atoms with Crippen molar-refractivity contribution in [2.24, 2.45) is 0 Å². The van der Waals surface area contributed by atoms with Crippen LogP contribution in [0.25, 0.3) is 0 Å². The van der Waals surface area contributed by atoms with Crippen LogP contribution in [-0.4, -0.2) is 29.0 Å². The summed E-state index contributed by atoms with van der Waals surface area (Å²) in [5.74, 6) is -0.339. The van der Waals surface area contributed by atoms with Crippen LogP contribution in [0.1, 0.15) is 29.0 Å². The Labute approximate surface area is 128 Å². The summed E-state index contributed by atoms with van der Waals surface area (Å²) >= 11 is 0. The van der Waals surface area contributed by atoms with Gasteiger partial charge in [-0.2, -0.15) is 0 Å². The molecule has 1 aliphatic heterocycles. The fraction of sp³-hybridized carbons (Fsp3) is 0.312. The molecule has 1 amide bonds. The average molecular weight is 300 g/mol. The molecule has 2 aromatic rings. The summed E-state index contributed by atoms with van der Waals surface area (Å²) in [5.41, 5.74) is 1.11. The van der Waals surface area contributed by atoms with E-state index < -0.39 is 11.7 Å². The summed E-state index contributed by atoms with van der Waals surface area (Å²) in [6.45, 7) is 3.62. The second kappa shape index (κ2) is 6.09. The maximum atomic E-state index is 13.6. The minimum Gasteiger partial charge on any atom is -0.341 e. The number of para-hydroxylation sites is 1. The van der Waals surface area contributed by atoms with E-state index in [9.17, 15) is 9.18 Å². The number of halogens is 1. The lowest BCUT2D eigenvalue weighted by Gasteiger charge is -2.16. The maximum absolute atomic E-state index is 13.6. The Balaban J connectivity index is 1.84. The van der Waals surface area contributed by atoms with Gasteiger partial charge in [0.2, 0.25) is 5.95 Å². The van der Waals surface area contributed by atoms with Gasteiger partial charge in [-0.05, 0) is 38.0 Å². The Hall–Kier alpha value is -2.50. The average Bonchev–Trinajstić information content (AvgIpc) is 3.03. The molecule has 1 saturated heterocycles.